The molecule has 10 aromatic rings. The van der Waals surface area contributed by atoms with Crippen LogP contribution in [-0.4, -0.2) is 14.1 Å². The molecule has 0 unspecified atom stereocenters. The average Bonchev–Trinajstić information content (AvgIpc) is 3.74. The van der Waals surface area contributed by atoms with Crippen molar-refractivity contribution in [2.24, 2.45) is 0 Å². The molecular formula is C48H30N4. The van der Waals surface area contributed by atoms with Gasteiger partial charge >= 0.3 is 0 Å². The van der Waals surface area contributed by atoms with E-state index in [1.54, 1.807) is 0 Å². The molecule has 7 aromatic carbocycles. The minimum atomic E-state index is 0.634. The van der Waals surface area contributed by atoms with Gasteiger partial charge in [0, 0.05) is 44.0 Å². The quantitative estimate of drug-likeness (QED) is 0.184. The molecule has 0 fully saturated rings. The lowest BCUT2D eigenvalue weighted by atomic mass is 9.96. The molecule has 3 aromatic heterocycles. The molecular weight excluding hydrogens is 633 g/mol. The van der Waals surface area contributed by atoms with Gasteiger partial charge in [-0.2, -0.15) is 5.26 Å². The highest BCUT2D eigenvalue weighted by Gasteiger charge is 2.18. The Bertz CT molecular complexity index is 2980. The highest BCUT2D eigenvalue weighted by atomic mass is 15.0. The van der Waals surface area contributed by atoms with Gasteiger partial charge in [-0.15, -0.1) is 0 Å². The van der Waals surface area contributed by atoms with Gasteiger partial charge in [0.1, 0.15) is 0 Å². The van der Waals surface area contributed by atoms with Crippen LogP contribution in [-0.2, 0) is 0 Å². The second-order valence-corrected chi connectivity index (χ2v) is 13.1. The zero-order valence-electron chi connectivity index (χ0n) is 28.1. The molecule has 10 rings (SSSR count). The highest BCUT2D eigenvalue weighted by molar-refractivity contribution is 6.12. The number of nitrogens with zero attached hydrogens (tertiary/aromatic N) is 4. The third-order valence-electron chi connectivity index (χ3n) is 10.1. The molecule has 0 saturated heterocycles. The fourth-order valence-electron chi connectivity index (χ4n) is 7.82. The van der Waals surface area contributed by atoms with E-state index in [-0.39, 0.29) is 0 Å². The summed E-state index contributed by atoms with van der Waals surface area (Å²) in [5, 5.41) is 15.0. The number of benzene rings is 7. The van der Waals surface area contributed by atoms with Crippen molar-refractivity contribution in [1.82, 2.24) is 14.1 Å². The zero-order valence-corrected chi connectivity index (χ0v) is 28.1. The van der Waals surface area contributed by atoms with Crippen molar-refractivity contribution < 1.29 is 0 Å². The number of pyridine rings is 1. The summed E-state index contributed by atoms with van der Waals surface area (Å²) in [5.41, 5.74) is 13.0. The molecule has 0 amide bonds. The number of nitriles is 1. The monoisotopic (exact) mass is 662 g/mol. The van der Waals surface area contributed by atoms with E-state index in [0.29, 0.717) is 5.56 Å². The fraction of sp³-hybridized carbons (Fsp3) is 0. The van der Waals surface area contributed by atoms with E-state index < -0.39 is 0 Å². The Balaban J connectivity index is 1.23. The molecule has 0 aliphatic carbocycles. The van der Waals surface area contributed by atoms with E-state index >= 15 is 0 Å². The second kappa shape index (κ2) is 12.0. The zero-order chi connectivity index (χ0) is 34.6. The minimum absolute atomic E-state index is 0.634. The third-order valence-corrected chi connectivity index (χ3v) is 10.1. The summed E-state index contributed by atoms with van der Waals surface area (Å²) in [5.74, 6) is 0. The fourth-order valence-corrected chi connectivity index (χ4v) is 7.82. The number of rotatable bonds is 5. The minimum Gasteiger partial charge on any atom is -0.309 e. The molecule has 0 radical (unpaired) electrons. The maximum Gasteiger partial charge on any atom is 0.0998 e. The summed E-state index contributed by atoms with van der Waals surface area (Å²) in [6, 6.07) is 66.0. The van der Waals surface area contributed by atoms with Crippen molar-refractivity contribution in [3.8, 4) is 51.1 Å². The lowest BCUT2D eigenvalue weighted by molar-refractivity contribution is 1.16. The molecule has 0 spiro atoms. The molecule has 242 valence electrons. The van der Waals surface area contributed by atoms with Crippen LogP contribution in [0.15, 0.2) is 182 Å². The van der Waals surface area contributed by atoms with Gasteiger partial charge in [-0.3, -0.25) is 0 Å². The predicted octanol–water partition coefficient (Wildman–Crippen LogP) is 12.1. The van der Waals surface area contributed by atoms with Crippen LogP contribution >= 0.6 is 0 Å². The van der Waals surface area contributed by atoms with Crippen molar-refractivity contribution in [2.45, 2.75) is 0 Å². The Labute approximate surface area is 300 Å². The van der Waals surface area contributed by atoms with Crippen LogP contribution in [0.1, 0.15) is 5.56 Å². The smallest absolute Gasteiger partial charge is 0.0998 e. The Morgan fingerprint density at radius 1 is 0.385 bits per heavy atom. The van der Waals surface area contributed by atoms with Gasteiger partial charge < -0.3 is 9.13 Å². The van der Waals surface area contributed by atoms with Crippen LogP contribution < -0.4 is 0 Å². The number of aromatic nitrogens is 3. The Morgan fingerprint density at radius 2 is 0.923 bits per heavy atom. The summed E-state index contributed by atoms with van der Waals surface area (Å²) in [7, 11) is 0. The van der Waals surface area contributed by atoms with E-state index in [4.69, 9.17) is 4.98 Å². The second-order valence-electron chi connectivity index (χ2n) is 13.1. The molecule has 52 heavy (non-hydrogen) atoms. The van der Waals surface area contributed by atoms with Crippen LogP contribution in [0.4, 0.5) is 0 Å². The van der Waals surface area contributed by atoms with Gasteiger partial charge in [-0.1, -0.05) is 109 Å². The van der Waals surface area contributed by atoms with Gasteiger partial charge in [0.15, 0.2) is 0 Å². The van der Waals surface area contributed by atoms with E-state index in [1.807, 2.05) is 42.5 Å². The predicted molar refractivity (Wildman–Crippen MR) is 214 cm³/mol. The average molecular weight is 663 g/mol. The van der Waals surface area contributed by atoms with Crippen LogP contribution in [0.2, 0.25) is 0 Å². The molecule has 0 atom stereocenters. The Morgan fingerprint density at radius 3 is 1.62 bits per heavy atom. The van der Waals surface area contributed by atoms with Crippen LogP contribution in [0, 0.1) is 11.3 Å². The van der Waals surface area contributed by atoms with E-state index in [9.17, 15) is 5.26 Å². The van der Waals surface area contributed by atoms with Gasteiger partial charge in [-0.05, 0) is 83.9 Å². The molecule has 4 nitrogen and oxygen atoms in total. The van der Waals surface area contributed by atoms with Gasteiger partial charge in [-0.25, -0.2) is 4.98 Å². The number of fused-ring (bicyclic) bond motifs is 6. The molecule has 0 aliphatic heterocycles. The summed E-state index contributed by atoms with van der Waals surface area (Å²) < 4.78 is 4.72. The maximum atomic E-state index is 10.1. The Hall–Kier alpha value is -7.22. The normalized spacial score (nSPS) is 11.4. The van der Waals surface area contributed by atoms with Crippen LogP contribution in [0.25, 0.3) is 88.6 Å². The summed E-state index contributed by atoms with van der Waals surface area (Å²) >= 11 is 0. The molecule has 3 heterocycles. The summed E-state index contributed by atoms with van der Waals surface area (Å²) in [6.07, 6.45) is 0. The van der Waals surface area contributed by atoms with Crippen LogP contribution in [0.5, 0.6) is 0 Å². The summed E-state index contributed by atoms with van der Waals surface area (Å²) in [6.45, 7) is 0. The lowest BCUT2D eigenvalue weighted by Gasteiger charge is -2.15. The molecule has 4 heteroatoms. The first-order valence-corrected chi connectivity index (χ1v) is 17.4. The van der Waals surface area contributed by atoms with E-state index in [0.717, 1.165) is 56.0 Å². The van der Waals surface area contributed by atoms with Gasteiger partial charge in [0.05, 0.1) is 45.1 Å². The number of hydrogen-bond acceptors (Lipinski definition) is 2. The molecule has 0 bridgehead atoms. The number of para-hydroxylation sites is 3. The first-order chi connectivity index (χ1) is 25.7. The van der Waals surface area contributed by atoms with E-state index in [1.165, 1.54) is 32.6 Å². The van der Waals surface area contributed by atoms with E-state index in [2.05, 4.69) is 155 Å². The SMILES string of the molecule is N#Cc1ccccc1-c1cc(-c2cccc(-c3ccccc3)n2)cc(-n2c3ccccc3c3cc(-n4c5ccccc5c5ccccc54)ccc32)c1. The van der Waals surface area contributed by atoms with Gasteiger partial charge in [0.2, 0.25) is 0 Å². The van der Waals surface area contributed by atoms with Crippen molar-refractivity contribution in [1.29, 1.82) is 5.26 Å². The van der Waals surface area contributed by atoms with Crippen molar-refractivity contribution in [2.75, 3.05) is 0 Å². The lowest BCUT2D eigenvalue weighted by Crippen LogP contribution is -1.98. The highest BCUT2D eigenvalue weighted by Crippen LogP contribution is 2.39. The Kier molecular flexibility index (Phi) is 6.84. The van der Waals surface area contributed by atoms with Gasteiger partial charge in [0.25, 0.3) is 0 Å². The molecule has 0 saturated carbocycles. The maximum absolute atomic E-state index is 10.1. The largest absolute Gasteiger partial charge is 0.309 e. The van der Waals surface area contributed by atoms with Crippen molar-refractivity contribution in [3.05, 3.63) is 188 Å². The first-order valence-electron chi connectivity index (χ1n) is 17.4. The molecule has 0 aliphatic rings. The van der Waals surface area contributed by atoms with Crippen molar-refractivity contribution in [3.63, 3.8) is 0 Å². The first kappa shape index (κ1) is 29.7. The van der Waals surface area contributed by atoms with Crippen LogP contribution in [0.3, 0.4) is 0 Å². The molecule has 0 N–H and O–H groups in total. The third kappa shape index (κ3) is 4.72. The topological polar surface area (TPSA) is 46.5 Å². The standard InChI is InChI=1S/C48H30N4/c49-31-33-15-4-5-16-38(33)34-27-35(44-21-12-20-43(50-44)32-13-2-1-3-14-32)29-37(28-34)52-47-24-11-8-19-41(47)42-30-36(25-26-48(42)52)51-45-22-9-6-17-39(45)40-18-7-10-23-46(40)51/h1-30H. The number of hydrogen-bond donors (Lipinski definition) is 0. The van der Waals surface area contributed by atoms with Crippen molar-refractivity contribution >= 4 is 43.6 Å². The summed E-state index contributed by atoms with van der Waals surface area (Å²) in [4.78, 5) is 5.15.